The zero-order chi connectivity index (χ0) is 10.3. The fourth-order valence-corrected chi connectivity index (χ4v) is 1.79. The van der Waals surface area contributed by atoms with Gasteiger partial charge in [-0.25, -0.2) is 8.78 Å². The quantitative estimate of drug-likeness (QED) is 0.710. The molecule has 0 unspecified atom stereocenters. The average Bonchev–Trinajstić information content (AvgIpc) is 2.83. The highest BCUT2D eigenvalue weighted by atomic mass is 19.1. The molecular weight excluding hydrogens is 186 g/mol. The standard InChI is InChI=1S/C11H10F2O/c1-6(14)9-5-10(9)8-3-2-7(12)4-11(8)13/h2-4,9-10H,5H2,1H3/t9-,10-/m0/s1. The molecule has 2 rings (SSSR count). The summed E-state index contributed by atoms with van der Waals surface area (Å²) < 4.78 is 25.8. The number of rotatable bonds is 2. The van der Waals surface area contributed by atoms with Crippen molar-refractivity contribution < 1.29 is 13.6 Å². The van der Waals surface area contributed by atoms with Gasteiger partial charge in [-0.15, -0.1) is 0 Å². The van der Waals surface area contributed by atoms with Crippen molar-refractivity contribution in [2.24, 2.45) is 5.92 Å². The van der Waals surface area contributed by atoms with Gasteiger partial charge in [0.2, 0.25) is 0 Å². The van der Waals surface area contributed by atoms with Crippen LogP contribution >= 0.6 is 0 Å². The van der Waals surface area contributed by atoms with Crippen LogP contribution in [0.1, 0.15) is 24.8 Å². The number of ketones is 1. The summed E-state index contributed by atoms with van der Waals surface area (Å²) in [5.74, 6) is -1.13. The van der Waals surface area contributed by atoms with E-state index in [1.54, 1.807) is 0 Å². The van der Waals surface area contributed by atoms with Gasteiger partial charge in [0.15, 0.2) is 0 Å². The molecule has 0 radical (unpaired) electrons. The Morgan fingerprint density at radius 1 is 1.43 bits per heavy atom. The zero-order valence-electron chi connectivity index (χ0n) is 7.76. The minimum atomic E-state index is -0.578. The second-order valence-electron chi connectivity index (χ2n) is 3.73. The maximum atomic E-state index is 13.2. The van der Waals surface area contributed by atoms with E-state index < -0.39 is 11.6 Å². The normalized spacial score (nSPS) is 24.8. The van der Waals surface area contributed by atoms with Gasteiger partial charge in [-0.2, -0.15) is 0 Å². The fraction of sp³-hybridized carbons (Fsp3) is 0.364. The monoisotopic (exact) mass is 196 g/mol. The van der Waals surface area contributed by atoms with Crippen molar-refractivity contribution in [3.05, 3.63) is 35.4 Å². The summed E-state index contributed by atoms with van der Waals surface area (Å²) in [4.78, 5) is 11.0. The van der Waals surface area contributed by atoms with Crippen LogP contribution in [0.4, 0.5) is 8.78 Å². The molecule has 0 heterocycles. The van der Waals surface area contributed by atoms with Gasteiger partial charge in [0.1, 0.15) is 17.4 Å². The molecule has 0 aliphatic heterocycles. The van der Waals surface area contributed by atoms with Gasteiger partial charge in [0.25, 0.3) is 0 Å². The summed E-state index contributed by atoms with van der Waals surface area (Å²) in [6.45, 7) is 1.51. The molecule has 1 nitrogen and oxygen atoms in total. The van der Waals surface area contributed by atoms with Gasteiger partial charge >= 0.3 is 0 Å². The van der Waals surface area contributed by atoms with Crippen LogP contribution in [0.5, 0.6) is 0 Å². The molecule has 2 atom stereocenters. The number of halogens is 2. The molecule has 74 valence electrons. The number of Topliss-reactive ketones (excluding diaryl/α,β-unsaturated/α-hetero) is 1. The van der Waals surface area contributed by atoms with E-state index in [4.69, 9.17) is 0 Å². The highest BCUT2D eigenvalue weighted by Crippen LogP contribution is 2.48. The lowest BCUT2D eigenvalue weighted by molar-refractivity contribution is -0.118. The summed E-state index contributed by atoms with van der Waals surface area (Å²) in [6, 6.07) is 3.52. The van der Waals surface area contributed by atoms with Crippen LogP contribution in [0.2, 0.25) is 0 Å². The lowest BCUT2D eigenvalue weighted by atomic mass is 10.1. The van der Waals surface area contributed by atoms with E-state index in [-0.39, 0.29) is 17.6 Å². The van der Waals surface area contributed by atoms with Crippen LogP contribution in [0.25, 0.3) is 0 Å². The van der Waals surface area contributed by atoms with E-state index >= 15 is 0 Å². The molecule has 1 aromatic carbocycles. The van der Waals surface area contributed by atoms with Crippen molar-refractivity contribution in [2.75, 3.05) is 0 Å². The smallest absolute Gasteiger partial charge is 0.133 e. The van der Waals surface area contributed by atoms with E-state index in [1.165, 1.54) is 19.1 Å². The Bertz CT molecular complexity index is 387. The number of benzene rings is 1. The van der Waals surface area contributed by atoms with Gasteiger partial charge in [-0.1, -0.05) is 6.07 Å². The Hall–Kier alpha value is -1.25. The van der Waals surface area contributed by atoms with E-state index in [0.717, 1.165) is 6.07 Å². The molecule has 1 saturated carbocycles. The summed E-state index contributed by atoms with van der Waals surface area (Å²) in [5, 5.41) is 0. The number of carbonyl (C=O) groups is 1. The summed E-state index contributed by atoms with van der Waals surface area (Å²) in [6.07, 6.45) is 0.692. The van der Waals surface area contributed by atoms with Crippen molar-refractivity contribution in [1.82, 2.24) is 0 Å². The van der Waals surface area contributed by atoms with Crippen LogP contribution < -0.4 is 0 Å². The van der Waals surface area contributed by atoms with Crippen LogP contribution in [-0.2, 0) is 4.79 Å². The van der Waals surface area contributed by atoms with E-state index in [0.29, 0.717) is 12.0 Å². The Labute approximate surface area is 80.7 Å². The van der Waals surface area contributed by atoms with Gasteiger partial charge in [0, 0.05) is 12.0 Å². The van der Waals surface area contributed by atoms with Crippen LogP contribution in [0.3, 0.4) is 0 Å². The van der Waals surface area contributed by atoms with Crippen molar-refractivity contribution in [2.45, 2.75) is 19.3 Å². The van der Waals surface area contributed by atoms with Crippen molar-refractivity contribution in [3.63, 3.8) is 0 Å². The summed E-state index contributed by atoms with van der Waals surface area (Å²) in [5.41, 5.74) is 0.464. The summed E-state index contributed by atoms with van der Waals surface area (Å²) in [7, 11) is 0. The van der Waals surface area contributed by atoms with Gasteiger partial charge in [0.05, 0.1) is 0 Å². The Morgan fingerprint density at radius 2 is 2.14 bits per heavy atom. The SMILES string of the molecule is CC(=O)[C@@H]1C[C@H]1c1ccc(F)cc1F. The molecule has 3 heteroatoms. The molecule has 0 spiro atoms. The third-order valence-corrected chi connectivity index (χ3v) is 2.67. The third-order valence-electron chi connectivity index (χ3n) is 2.67. The van der Waals surface area contributed by atoms with Crippen LogP contribution in [0.15, 0.2) is 18.2 Å². The Balaban J connectivity index is 2.23. The van der Waals surface area contributed by atoms with E-state index in [2.05, 4.69) is 0 Å². The zero-order valence-corrected chi connectivity index (χ0v) is 7.76. The molecule has 0 bridgehead atoms. The van der Waals surface area contributed by atoms with Crippen molar-refractivity contribution in [3.8, 4) is 0 Å². The highest BCUT2D eigenvalue weighted by Gasteiger charge is 2.42. The Morgan fingerprint density at radius 3 is 2.64 bits per heavy atom. The minimum Gasteiger partial charge on any atom is -0.300 e. The maximum absolute atomic E-state index is 13.2. The van der Waals surface area contributed by atoms with Gasteiger partial charge < -0.3 is 0 Å². The third kappa shape index (κ3) is 1.54. The lowest BCUT2D eigenvalue weighted by Crippen LogP contribution is -1.97. The molecule has 0 saturated heterocycles. The van der Waals surface area contributed by atoms with Crippen LogP contribution in [0, 0.1) is 17.6 Å². The maximum Gasteiger partial charge on any atom is 0.133 e. The molecule has 0 aromatic heterocycles. The summed E-state index contributed by atoms with van der Waals surface area (Å²) >= 11 is 0. The largest absolute Gasteiger partial charge is 0.300 e. The predicted molar refractivity (Wildman–Crippen MR) is 47.9 cm³/mol. The first-order valence-corrected chi connectivity index (χ1v) is 4.55. The molecule has 0 amide bonds. The lowest BCUT2D eigenvalue weighted by Gasteiger charge is -2.00. The number of carbonyl (C=O) groups excluding carboxylic acids is 1. The fourth-order valence-electron chi connectivity index (χ4n) is 1.79. The second-order valence-corrected chi connectivity index (χ2v) is 3.73. The average molecular weight is 196 g/mol. The second kappa shape index (κ2) is 3.15. The van der Waals surface area contributed by atoms with Crippen molar-refractivity contribution in [1.29, 1.82) is 0 Å². The molecular formula is C11H10F2O. The Kier molecular flexibility index (Phi) is 2.10. The first-order chi connectivity index (χ1) is 6.59. The molecule has 1 aromatic rings. The number of hydrogen-bond donors (Lipinski definition) is 0. The molecule has 14 heavy (non-hydrogen) atoms. The number of hydrogen-bond acceptors (Lipinski definition) is 1. The topological polar surface area (TPSA) is 17.1 Å². The van der Waals surface area contributed by atoms with Crippen molar-refractivity contribution >= 4 is 5.78 Å². The van der Waals surface area contributed by atoms with E-state index in [9.17, 15) is 13.6 Å². The highest BCUT2D eigenvalue weighted by molar-refractivity contribution is 5.82. The van der Waals surface area contributed by atoms with Gasteiger partial charge in [-0.3, -0.25) is 4.79 Å². The first-order valence-electron chi connectivity index (χ1n) is 4.55. The molecule has 1 aliphatic carbocycles. The molecule has 1 fully saturated rings. The first kappa shape index (κ1) is 9.31. The van der Waals surface area contributed by atoms with E-state index in [1.807, 2.05) is 0 Å². The van der Waals surface area contributed by atoms with Gasteiger partial charge in [-0.05, 0) is 30.9 Å². The molecule has 1 aliphatic rings. The molecule has 0 N–H and O–H groups in total. The van der Waals surface area contributed by atoms with Crippen LogP contribution in [-0.4, -0.2) is 5.78 Å². The predicted octanol–water partition coefficient (Wildman–Crippen LogP) is 2.66. The minimum absolute atomic E-state index is 0.0342.